The van der Waals surface area contributed by atoms with Crippen LogP contribution in [0.15, 0.2) is 67.0 Å². The van der Waals surface area contributed by atoms with E-state index < -0.39 is 0 Å². The molecule has 1 aromatic heterocycles. The van der Waals surface area contributed by atoms with E-state index in [-0.39, 0.29) is 12.5 Å². The molecule has 0 spiro atoms. The lowest BCUT2D eigenvalue weighted by molar-refractivity contribution is 0.278. The van der Waals surface area contributed by atoms with E-state index >= 15 is 0 Å². The minimum atomic E-state index is -0.211. The van der Waals surface area contributed by atoms with Crippen LogP contribution in [0.2, 0.25) is 0 Å². The molecule has 0 bridgehead atoms. The highest BCUT2D eigenvalue weighted by Crippen LogP contribution is 2.48. The second kappa shape index (κ2) is 7.89. The van der Waals surface area contributed by atoms with Crippen molar-refractivity contribution >= 4 is 10.8 Å². The average molecular weight is 413 g/mol. The summed E-state index contributed by atoms with van der Waals surface area (Å²) in [5.74, 6) is 1.78. The Morgan fingerprint density at radius 3 is 2.65 bits per heavy atom. The Bertz CT molecular complexity index is 1310. The van der Waals surface area contributed by atoms with Crippen LogP contribution >= 0.6 is 0 Å². The van der Waals surface area contributed by atoms with Gasteiger partial charge in [-0.05, 0) is 41.0 Å². The highest BCUT2D eigenvalue weighted by molar-refractivity contribution is 5.90. The lowest BCUT2D eigenvalue weighted by Gasteiger charge is -2.29. The lowest BCUT2D eigenvalue weighted by atomic mass is 9.81. The molecule has 1 atom stereocenters. The molecule has 2 N–H and O–H groups in total. The summed E-state index contributed by atoms with van der Waals surface area (Å²) in [7, 11) is 1.65. The molecule has 0 amide bonds. The molecule has 5 rings (SSSR count). The summed E-state index contributed by atoms with van der Waals surface area (Å²) in [6.45, 7) is 0.586. The van der Waals surface area contributed by atoms with Crippen LogP contribution < -0.4 is 15.0 Å². The molecule has 6 nitrogen and oxygen atoms in total. The maximum absolute atomic E-state index is 9.25. The smallest absolute Gasteiger partial charge is 0.228 e. The second-order valence-electron chi connectivity index (χ2n) is 7.59. The lowest BCUT2D eigenvalue weighted by Crippen LogP contribution is -2.30. The Labute approximate surface area is 179 Å². The fourth-order valence-corrected chi connectivity index (χ4v) is 4.30. The van der Waals surface area contributed by atoms with Gasteiger partial charge in [-0.25, -0.2) is 4.98 Å². The van der Waals surface area contributed by atoms with Crippen LogP contribution in [-0.2, 0) is 6.54 Å². The summed E-state index contributed by atoms with van der Waals surface area (Å²) < 4.78 is 13.3. The molecule has 0 unspecified atom stereocenters. The van der Waals surface area contributed by atoms with Gasteiger partial charge in [0.1, 0.15) is 23.3 Å². The van der Waals surface area contributed by atoms with Gasteiger partial charge >= 0.3 is 0 Å². The first-order valence-electron chi connectivity index (χ1n) is 10.3. The number of benzene rings is 3. The predicted molar refractivity (Wildman–Crippen MR) is 118 cm³/mol. The number of rotatable bonds is 5. The number of aliphatic hydroxyl groups excluding tert-OH is 1. The Morgan fingerprint density at radius 2 is 1.87 bits per heavy atom. The van der Waals surface area contributed by atoms with Crippen LogP contribution in [0.4, 0.5) is 0 Å². The highest BCUT2D eigenvalue weighted by Gasteiger charge is 2.33. The van der Waals surface area contributed by atoms with Gasteiger partial charge in [-0.3, -0.25) is 5.41 Å². The van der Waals surface area contributed by atoms with Crippen LogP contribution in [0.25, 0.3) is 10.8 Å². The van der Waals surface area contributed by atoms with Gasteiger partial charge in [-0.1, -0.05) is 42.5 Å². The largest absolute Gasteiger partial charge is 0.497 e. The van der Waals surface area contributed by atoms with Crippen molar-refractivity contribution in [1.29, 1.82) is 5.41 Å². The Morgan fingerprint density at radius 1 is 1.06 bits per heavy atom. The molecule has 1 aliphatic rings. The van der Waals surface area contributed by atoms with Gasteiger partial charge in [-0.15, -0.1) is 0 Å². The molecule has 156 valence electrons. The number of hydrogen-bond donors (Lipinski definition) is 2. The molecule has 0 fully saturated rings. The van der Waals surface area contributed by atoms with Gasteiger partial charge in [0.05, 0.1) is 12.7 Å². The van der Waals surface area contributed by atoms with E-state index in [0.717, 1.165) is 39.0 Å². The van der Waals surface area contributed by atoms with E-state index in [1.54, 1.807) is 18.0 Å². The number of aromatic nitrogens is 2. The van der Waals surface area contributed by atoms with Gasteiger partial charge < -0.3 is 19.1 Å². The zero-order chi connectivity index (χ0) is 21.4. The molecule has 3 aromatic carbocycles. The number of fused-ring (bicyclic) bond motifs is 4. The van der Waals surface area contributed by atoms with E-state index in [2.05, 4.69) is 23.2 Å². The van der Waals surface area contributed by atoms with Crippen LogP contribution in [0.5, 0.6) is 17.4 Å². The van der Waals surface area contributed by atoms with E-state index in [0.29, 0.717) is 24.3 Å². The SMILES string of the molecule is COc1ccc([C@H]2c3c(ncn(CCCO)c3=N)Oc3ccc4ccccc4c32)cc1. The van der Waals surface area contributed by atoms with Crippen LogP contribution in [0, 0.1) is 5.41 Å². The number of methoxy groups -OCH3 is 1. The van der Waals surface area contributed by atoms with Crippen LogP contribution in [0.1, 0.15) is 29.0 Å². The predicted octanol–water partition coefficient (Wildman–Crippen LogP) is 4.19. The molecule has 2 heterocycles. The third-order valence-electron chi connectivity index (χ3n) is 5.81. The average Bonchev–Trinajstić information content (AvgIpc) is 2.82. The number of aryl methyl sites for hydroxylation is 1. The molecular formula is C25H23N3O3. The summed E-state index contributed by atoms with van der Waals surface area (Å²) >= 11 is 0. The standard InChI is InChI=1S/C25H23N3O3/c1-30-18-10-7-17(8-11-18)21-22-19-6-3-2-5-16(19)9-12-20(22)31-25-23(21)24(26)28(15-27-25)13-4-14-29/h2-3,5-12,15,21,26,29H,4,13-14H2,1H3/t21-/m1/s1. The highest BCUT2D eigenvalue weighted by atomic mass is 16.5. The van der Waals surface area contributed by atoms with Gasteiger partial charge in [0.15, 0.2) is 0 Å². The third-order valence-corrected chi connectivity index (χ3v) is 5.81. The molecule has 6 heteroatoms. The first-order valence-corrected chi connectivity index (χ1v) is 10.3. The Balaban J connectivity index is 1.79. The van der Waals surface area contributed by atoms with Crippen molar-refractivity contribution < 1.29 is 14.6 Å². The fraction of sp³-hybridized carbons (Fsp3) is 0.200. The molecule has 4 aromatic rings. The fourth-order valence-electron chi connectivity index (χ4n) is 4.30. The molecule has 0 saturated carbocycles. The number of nitrogens with one attached hydrogen (secondary N) is 1. The summed E-state index contributed by atoms with van der Waals surface area (Å²) in [5.41, 5.74) is 3.15. The van der Waals surface area contributed by atoms with Crippen molar-refractivity contribution in [3.8, 4) is 17.4 Å². The number of aliphatic hydroxyl groups is 1. The minimum Gasteiger partial charge on any atom is -0.497 e. The maximum Gasteiger partial charge on any atom is 0.228 e. The zero-order valence-corrected chi connectivity index (χ0v) is 17.2. The van der Waals surface area contributed by atoms with Crippen molar-refractivity contribution in [3.63, 3.8) is 0 Å². The second-order valence-corrected chi connectivity index (χ2v) is 7.59. The van der Waals surface area contributed by atoms with E-state index in [1.807, 2.05) is 42.5 Å². The van der Waals surface area contributed by atoms with Gasteiger partial charge in [0, 0.05) is 24.6 Å². The van der Waals surface area contributed by atoms with Gasteiger partial charge in [0.2, 0.25) is 5.88 Å². The van der Waals surface area contributed by atoms with Crippen molar-refractivity contribution in [2.45, 2.75) is 18.9 Å². The van der Waals surface area contributed by atoms with E-state index in [4.69, 9.17) is 14.9 Å². The van der Waals surface area contributed by atoms with Crippen molar-refractivity contribution in [2.75, 3.05) is 13.7 Å². The van der Waals surface area contributed by atoms with E-state index in [1.165, 1.54) is 0 Å². The normalized spacial score (nSPS) is 14.6. The minimum absolute atomic E-state index is 0.0649. The number of hydrogen-bond acceptors (Lipinski definition) is 5. The Kier molecular flexibility index (Phi) is 4.92. The molecule has 0 radical (unpaired) electrons. The molecular weight excluding hydrogens is 390 g/mol. The first-order chi connectivity index (χ1) is 15.2. The molecule has 1 aliphatic heterocycles. The molecule has 0 saturated heterocycles. The summed E-state index contributed by atoms with van der Waals surface area (Å²) in [6, 6.07) is 20.2. The zero-order valence-electron chi connectivity index (χ0n) is 17.2. The maximum atomic E-state index is 9.25. The Hall–Kier alpha value is -3.64. The topological polar surface area (TPSA) is 80.4 Å². The molecule has 0 aliphatic carbocycles. The van der Waals surface area contributed by atoms with Crippen LogP contribution in [-0.4, -0.2) is 28.4 Å². The molecule has 31 heavy (non-hydrogen) atoms. The number of nitrogens with zero attached hydrogens (tertiary/aromatic N) is 2. The van der Waals surface area contributed by atoms with Gasteiger partial charge in [0.25, 0.3) is 0 Å². The first kappa shape index (κ1) is 19.3. The summed E-state index contributed by atoms with van der Waals surface area (Å²) in [4.78, 5) is 4.54. The van der Waals surface area contributed by atoms with Crippen molar-refractivity contribution in [3.05, 3.63) is 89.2 Å². The monoisotopic (exact) mass is 413 g/mol. The van der Waals surface area contributed by atoms with E-state index in [9.17, 15) is 5.11 Å². The van der Waals surface area contributed by atoms with Crippen LogP contribution in [0.3, 0.4) is 0 Å². The van der Waals surface area contributed by atoms with Crippen molar-refractivity contribution in [1.82, 2.24) is 9.55 Å². The summed E-state index contributed by atoms with van der Waals surface area (Å²) in [6.07, 6.45) is 2.18. The summed E-state index contributed by atoms with van der Waals surface area (Å²) in [5, 5.41) is 20.4. The van der Waals surface area contributed by atoms with Gasteiger partial charge in [-0.2, -0.15) is 0 Å². The number of ether oxygens (including phenoxy) is 2. The quantitative estimate of drug-likeness (QED) is 0.453. The van der Waals surface area contributed by atoms with Crippen molar-refractivity contribution in [2.24, 2.45) is 0 Å². The third kappa shape index (κ3) is 3.25.